The molecule has 0 atom stereocenters. The normalized spacial score (nSPS) is 6.55. The average molecular weight is 163 g/mol. The van der Waals surface area contributed by atoms with Crippen LogP contribution in [0.4, 0.5) is 4.79 Å². The second-order valence-corrected chi connectivity index (χ2v) is 1.14. The van der Waals surface area contributed by atoms with Crippen LogP contribution in [-0.4, -0.2) is 35.0 Å². The molecule has 0 aromatic carbocycles. The molecule has 0 aromatic heterocycles. The molecule has 0 aliphatic carbocycles. The molecule has 0 rings (SSSR count). The van der Waals surface area contributed by atoms with Crippen molar-refractivity contribution in [2.45, 2.75) is 0 Å². The van der Waals surface area contributed by atoms with Gasteiger partial charge in [0.2, 0.25) is 0 Å². The summed E-state index contributed by atoms with van der Waals surface area (Å²) in [5.41, 5.74) is 0. The third-order valence-corrected chi connectivity index (χ3v) is 0.391. The molecule has 0 fully saturated rings. The van der Waals surface area contributed by atoms with Gasteiger partial charge in [-0.1, -0.05) is 0 Å². The van der Waals surface area contributed by atoms with E-state index >= 15 is 0 Å². The SMILES string of the molecule is O=C(O)CNC(=O)O.O=C=O. The summed E-state index contributed by atoms with van der Waals surface area (Å²) in [6, 6.07) is 0. The first-order valence-electron chi connectivity index (χ1n) is 2.22. The quantitative estimate of drug-likeness (QED) is 0.467. The minimum atomic E-state index is -1.33. The highest BCUT2D eigenvalue weighted by atomic mass is 16.4. The Labute approximate surface area is 60.6 Å². The molecule has 7 heteroatoms. The zero-order chi connectivity index (χ0) is 9.28. The van der Waals surface area contributed by atoms with Crippen LogP contribution < -0.4 is 5.32 Å². The van der Waals surface area contributed by atoms with Gasteiger partial charge < -0.3 is 15.5 Å². The number of rotatable bonds is 2. The van der Waals surface area contributed by atoms with Gasteiger partial charge in [-0.3, -0.25) is 4.79 Å². The van der Waals surface area contributed by atoms with Crippen LogP contribution in [0.2, 0.25) is 0 Å². The maximum atomic E-state index is 9.58. The number of carbonyl (C=O) groups is 2. The molecule has 7 nitrogen and oxygen atoms in total. The van der Waals surface area contributed by atoms with Crippen molar-refractivity contribution in [2.24, 2.45) is 0 Å². The van der Waals surface area contributed by atoms with E-state index in [-0.39, 0.29) is 6.15 Å². The van der Waals surface area contributed by atoms with Crippen LogP contribution in [0.15, 0.2) is 0 Å². The van der Waals surface area contributed by atoms with Gasteiger partial charge in [0, 0.05) is 0 Å². The highest BCUT2D eigenvalue weighted by Crippen LogP contribution is 1.60. The van der Waals surface area contributed by atoms with Gasteiger partial charge in [-0.25, -0.2) is 4.79 Å². The zero-order valence-corrected chi connectivity index (χ0v) is 5.23. The molecule has 0 saturated carbocycles. The van der Waals surface area contributed by atoms with Crippen LogP contribution in [0.1, 0.15) is 0 Å². The largest absolute Gasteiger partial charge is 0.480 e. The van der Waals surface area contributed by atoms with Gasteiger partial charge in [-0.15, -0.1) is 0 Å². The molecular formula is C4H5NO6. The van der Waals surface area contributed by atoms with Crippen LogP contribution in [0.5, 0.6) is 0 Å². The van der Waals surface area contributed by atoms with Crippen molar-refractivity contribution in [3.63, 3.8) is 0 Å². The number of carbonyl (C=O) groups excluding carboxylic acids is 2. The number of nitrogens with one attached hydrogen (secondary N) is 1. The van der Waals surface area contributed by atoms with Crippen LogP contribution in [0, 0.1) is 0 Å². The molecule has 0 radical (unpaired) electrons. The first kappa shape index (κ1) is 11.9. The maximum Gasteiger partial charge on any atom is 0.405 e. The smallest absolute Gasteiger partial charge is 0.405 e. The summed E-state index contributed by atoms with van der Waals surface area (Å²) in [4.78, 5) is 35.4. The van der Waals surface area contributed by atoms with Gasteiger partial charge in [-0.2, -0.15) is 9.59 Å². The minimum absolute atomic E-state index is 0.250. The molecule has 62 valence electrons. The zero-order valence-electron chi connectivity index (χ0n) is 5.23. The number of carboxylic acid groups (broad SMARTS) is 2. The Morgan fingerprint density at radius 1 is 1.27 bits per heavy atom. The van der Waals surface area contributed by atoms with Crippen molar-refractivity contribution in [3.05, 3.63) is 0 Å². The fourth-order valence-corrected chi connectivity index (χ4v) is 0.151. The van der Waals surface area contributed by atoms with E-state index in [1.54, 1.807) is 5.32 Å². The summed E-state index contributed by atoms with van der Waals surface area (Å²) in [5, 5.41) is 17.3. The van der Waals surface area contributed by atoms with Gasteiger partial charge in [0.15, 0.2) is 0 Å². The fraction of sp³-hybridized carbons (Fsp3) is 0.250. The Balaban J connectivity index is 0. The lowest BCUT2D eigenvalue weighted by Gasteiger charge is -1.90. The van der Waals surface area contributed by atoms with Crippen LogP contribution in [0.3, 0.4) is 0 Å². The van der Waals surface area contributed by atoms with Gasteiger partial charge in [-0.05, 0) is 0 Å². The predicted molar refractivity (Wildman–Crippen MR) is 28.7 cm³/mol. The molecule has 11 heavy (non-hydrogen) atoms. The Morgan fingerprint density at radius 2 is 1.64 bits per heavy atom. The Hall–Kier alpha value is -1.88. The molecule has 0 spiro atoms. The monoisotopic (exact) mass is 163 g/mol. The number of hydrogen-bond acceptors (Lipinski definition) is 4. The summed E-state index contributed by atoms with van der Waals surface area (Å²) in [7, 11) is 0. The summed E-state index contributed by atoms with van der Waals surface area (Å²) in [6.07, 6.45) is -1.08. The second kappa shape index (κ2) is 8.12. The molecule has 0 aliphatic rings. The first-order valence-corrected chi connectivity index (χ1v) is 2.22. The highest BCUT2D eigenvalue weighted by molar-refractivity contribution is 5.75. The summed E-state index contributed by atoms with van der Waals surface area (Å²) in [5.74, 6) is -1.19. The van der Waals surface area contributed by atoms with Crippen LogP contribution >= 0.6 is 0 Å². The first-order chi connectivity index (χ1) is 5.04. The number of carboxylic acids is 1. The van der Waals surface area contributed by atoms with Gasteiger partial charge in [0.05, 0.1) is 0 Å². The Morgan fingerprint density at radius 3 is 1.73 bits per heavy atom. The molecule has 3 N–H and O–H groups in total. The molecular weight excluding hydrogens is 158 g/mol. The van der Waals surface area contributed by atoms with E-state index in [9.17, 15) is 9.59 Å². The molecule has 0 saturated heterocycles. The Kier molecular flexibility index (Phi) is 8.76. The molecule has 0 unspecified atom stereocenters. The third kappa shape index (κ3) is 31.2. The van der Waals surface area contributed by atoms with Crippen molar-refractivity contribution in [1.29, 1.82) is 0 Å². The van der Waals surface area contributed by atoms with Gasteiger partial charge >= 0.3 is 18.2 Å². The van der Waals surface area contributed by atoms with E-state index in [1.165, 1.54) is 0 Å². The predicted octanol–water partition coefficient (Wildman–Crippen LogP) is -1.24. The second-order valence-electron chi connectivity index (χ2n) is 1.14. The molecule has 0 aromatic rings. The van der Waals surface area contributed by atoms with Crippen molar-refractivity contribution in [3.8, 4) is 0 Å². The van der Waals surface area contributed by atoms with Crippen molar-refractivity contribution in [1.82, 2.24) is 5.32 Å². The number of amides is 1. The molecule has 0 heterocycles. The van der Waals surface area contributed by atoms with E-state index in [0.29, 0.717) is 0 Å². The van der Waals surface area contributed by atoms with E-state index < -0.39 is 18.6 Å². The topological polar surface area (TPSA) is 121 Å². The fourth-order valence-electron chi connectivity index (χ4n) is 0.151. The van der Waals surface area contributed by atoms with E-state index in [2.05, 4.69) is 0 Å². The van der Waals surface area contributed by atoms with Crippen molar-refractivity contribution >= 4 is 18.2 Å². The van der Waals surface area contributed by atoms with Gasteiger partial charge in [0.25, 0.3) is 0 Å². The van der Waals surface area contributed by atoms with E-state index in [4.69, 9.17) is 19.8 Å². The Bertz CT molecular complexity index is 155. The standard InChI is InChI=1S/C3H5NO4.CO2/c5-2(6)1-4-3(7)8;2-1-3/h4H,1H2,(H,5,6)(H,7,8);. The summed E-state index contributed by atoms with van der Waals surface area (Å²) < 4.78 is 0. The molecule has 0 bridgehead atoms. The lowest BCUT2D eigenvalue weighted by Crippen LogP contribution is -2.27. The van der Waals surface area contributed by atoms with Crippen LogP contribution in [0.25, 0.3) is 0 Å². The average Bonchev–Trinajstić information content (AvgIpc) is 1.85. The van der Waals surface area contributed by atoms with Crippen LogP contribution in [-0.2, 0) is 14.4 Å². The summed E-state index contributed by atoms with van der Waals surface area (Å²) >= 11 is 0. The van der Waals surface area contributed by atoms with Crippen molar-refractivity contribution in [2.75, 3.05) is 6.54 Å². The van der Waals surface area contributed by atoms with Gasteiger partial charge in [0.1, 0.15) is 6.54 Å². The van der Waals surface area contributed by atoms with E-state index in [0.717, 1.165) is 0 Å². The number of hydrogen-bond donors (Lipinski definition) is 3. The lowest BCUT2D eigenvalue weighted by atomic mass is 10.7. The van der Waals surface area contributed by atoms with Crippen molar-refractivity contribution < 1.29 is 29.4 Å². The lowest BCUT2D eigenvalue weighted by molar-refractivity contribution is -0.191. The third-order valence-electron chi connectivity index (χ3n) is 0.391. The maximum absolute atomic E-state index is 9.58. The molecule has 0 aliphatic heterocycles. The number of aliphatic carboxylic acids is 1. The summed E-state index contributed by atoms with van der Waals surface area (Å²) in [6.45, 7) is -0.546. The minimum Gasteiger partial charge on any atom is -0.480 e. The van der Waals surface area contributed by atoms with E-state index in [1.807, 2.05) is 0 Å². The highest BCUT2D eigenvalue weighted by Gasteiger charge is 1.97. The molecule has 1 amide bonds.